The van der Waals surface area contributed by atoms with Crippen LogP contribution in [0.1, 0.15) is 21.6 Å². The van der Waals surface area contributed by atoms with Gasteiger partial charge in [-0.1, -0.05) is 17.7 Å². The van der Waals surface area contributed by atoms with E-state index in [1.54, 1.807) is 28.9 Å². The SMILES string of the molecule is Cc1ccc(Cl)c(CNc2ccc3nccn3c2C(=O)O)c1P. The summed E-state index contributed by atoms with van der Waals surface area (Å²) in [5.41, 5.74) is 3.30. The quantitative estimate of drug-likeness (QED) is 0.712. The van der Waals surface area contributed by atoms with Crippen molar-refractivity contribution in [3.8, 4) is 0 Å². The summed E-state index contributed by atoms with van der Waals surface area (Å²) in [4.78, 5) is 15.7. The van der Waals surface area contributed by atoms with Gasteiger partial charge in [0, 0.05) is 24.0 Å². The van der Waals surface area contributed by atoms with Gasteiger partial charge in [-0.3, -0.25) is 4.40 Å². The minimum Gasteiger partial charge on any atom is -0.476 e. The first-order valence-corrected chi connectivity index (χ1v) is 7.91. The summed E-state index contributed by atoms with van der Waals surface area (Å²) in [6.45, 7) is 2.43. The number of benzene rings is 1. The van der Waals surface area contributed by atoms with E-state index in [9.17, 15) is 9.90 Å². The maximum atomic E-state index is 11.6. The molecule has 5 nitrogen and oxygen atoms in total. The van der Waals surface area contributed by atoms with E-state index >= 15 is 0 Å². The first-order valence-electron chi connectivity index (χ1n) is 6.95. The zero-order valence-electron chi connectivity index (χ0n) is 12.4. The minimum absolute atomic E-state index is 0.147. The van der Waals surface area contributed by atoms with Crippen molar-refractivity contribution in [1.82, 2.24) is 9.38 Å². The van der Waals surface area contributed by atoms with Crippen molar-refractivity contribution >= 4 is 43.4 Å². The Hall–Kier alpha value is -2.10. The van der Waals surface area contributed by atoms with E-state index in [0.717, 1.165) is 16.4 Å². The molecule has 0 spiro atoms. The molecule has 0 radical (unpaired) electrons. The molecule has 2 N–H and O–H groups in total. The van der Waals surface area contributed by atoms with E-state index in [4.69, 9.17) is 11.6 Å². The second kappa shape index (κ2) is 6.19. The van der Waals surface area contributed by atoms with Gasteiger partial charge in [0.1, 0.15) is 5.65 Å². The van der Waals surface area contributed by atoms with Crippen molar-refractivity contribution in [2.45, 2.75) is 13.5 Å². The molecule has 7 heteroatoms. The lowest BCUT2D eigenvalue weighted by molar-refractivity contribution is 0.0690. The number of rotatable bonds is 4. The topological polar surface area (TPSA) is 66.6 Å². The molecule has 1 atom stereocenters. The van der Waals surface area contributed by atoms with E-state index < -0.39 is 5.97 Å². The van der Waals surface area contributed by atoms with Crippen LogP contribution in [0.2, 0.25) is 5.02 Å². The Morgan fingerprint density at radius 3 is 2.91 bits per heavy atom. The van der Waals surface area contributed by atoms with Gasteiger partial charge >= 0.3 is 5.97 Å². The van der Waals surface area contributed by atoms with Crippen LogP contribution in [0.3, 0.4) is 0 Å². The third-order valence-corrected chi connectivity index (χ3v) is 4.90. The Morgan fingerprint density at radius 2 is 2.17 bits per heavy atom. The molecule has 2 aromatic heterocycles. The summed E-state index contributed by atoms with van der Waals surface area (Å²) in [6.07, 6.45) is 3.20. The molecule has 1 unspecified atom stereocenters. The summed E-state index contributed by atoms with van der Waals surface area (Å²) in [5, 5.41) is 14.4. The smallest absolute Gasteiger partial charge is 0.355 e. The molecule has 0 fully saturated rings. The Morgan fingerprint density at radius 1 is 1.39 bits per heavy atom. The van der Waals surface area contributed by atoms with E-state index in [-0.39, 0.29) is 5.69 Å². The van der Waals surface area contributed by atoms with Crippen LogP contribution < -0.4 is 10.6 Å². The fourth-order valence-electron chi connectivity index (χ4n) is 2.47. The number of anilines is 1. The number of carbonyl (C=O) groups is 1. The van der Waals surface area contributed by atoms with Gasteiger partial charge in [-0.25, -0.2) is 9.78 Å². The normalized spacial score (nSPS) is 10.9. The number of aromatic nitrogens is 2. The highest BCUT2D eigenvalue weighted by Crippen LogP contribution is 2.22. The molecule has 3 rings (SSSR count). The van der Waals surface area contributed by atoms with Gasteiger partial charge in [0.15, 0.2) is 5.69 Å². The lowest BCUT2D eigenvalue weighted by Gasteiger charge is -2.15. The average Bonchev–Trinajstić information content (AvgIpc) is 2.98. The third-order valence-electron chi connectivity index (χ3n) is 3.74. The fraction of sp³-hybridized carbons (Fsp3) is 0.125. The number of hydrogen-bond donors (Lipinski definition) is 2. The fourth-order valence-corrected chi connectivity index (χ4v) is 3.15. The zero-order chi connectivity index (χ0) is 16.6. The van der Waals surface area contributed by atoms with Gasteiger partial charge in [0.05, 0.1) is 5.69 Å². The number of imidazole rings is 1. The largest absolute Gasteiger partial charge is 0.476 e. The molecule has 0 aliphatic rings. The van der Waals surface area contributed by atoms with Gasteiger partial charge in [-0.05, 0) is 41.6 Å². The number of carboxylic acid groups (broad SMARTS) is 1. The monoisotopic (exact) mass is 347 g/mol. The van der Waals surface area contributed by atoms with Crippen LogP contribution in [0.15, 0.2) is 36.7 Å². The molecular weight excluding hydrogens is 333 g/mol. The van der Waals surface area contributed by atoms with Crippen LogP contribution in [0.25, 0.3) is 5.65 Å². The van der Waals surface area contributed by atoms with Gasteiger partial charge in [0.2, 0.25) is 0 Å². The first-order chi connectivity index (χ1) is 11.0. The van der Waals surface area contributed by atoms with Gasteiger partial charge in [-0.15, -0.1) is 9.24 Å². The highest BCUT2D eigenvalue weighted by atomic mass is 35.5. The number of fused-ring (bicyclic) bond motifs is 1. The van der Waals surface area contributed by atoms with Crippen LogP contribution in [-0.2, 0) is 6.54 Å². The highest BCUT2D eigenvalue weighted by Gasteiger charge is 2.16. The summed E-state index contributed by atoms with van der Waals surface area (Å²) < 4.78 is 1.55. The second-order valence-corrected chi connectivity index (χ2v) is 6.15. The number of aryl methyl sites for hydroxylation is 1. The second-order valence-electron chi connectivity index (χ2n) is 5.17. The molecule has 1 aromatic carbocycles. The lowest BCUT2D eigenvalue weighted by Crippen LogP contribution is -2.15. The number of pyridine rings is 1. The molecule has 0 saturated heterocycles. The van der Waals surface area contributed by atoms with Crippen molar-refractivity contribution in [1.29, 1.82) is 0 Å². The van der Waals surface area contributed by atoms with Crippen LogP contribution in [0.5, 0.6) is 0 Å². The predicted molar refractivity (Wildman–Crippen MR) is 95.0 cm³/mol. The Kier molecular flexibility index (Phi) is 4.24. The van der Waals surface area contributed by atoms with Crippen LogP contribution in [0.4, 0.5) is 5.69 Å². The molecule has 3 aromatic rings. The van der Waals surface area contributed by atoms with Crippen LogP contribution in [-0.4, -0.2) is 20.5 Å². The molecule has 0 aliphatic heterocycles. The number of nitrogens with zero attached hydrogens (tertiary/aromatic N) is 2. The van der Waals surface area contributed by atoms with E-state index in [1.165, 1.54) is 0 Å². The minimum atomic E-state index is -1.02. The van der Waals surface area contributed by atoms with Crippen molar-refractivity contribution < 1.29 is 9.90 Å². The number of nitrogens with one attached hydrogen (secondary N) is 1. The molecule has 118 valence electrons. The number of halogens is 1. The summed E-state index contributed by atoms with van der Waals surface area (Å²) in [5.74, 6) is -1.02. The van der Waals surface area contributed by atoms with Crippen molar-refractivity contribution in [2.75, 3.05) is 5.32 Å². The molecule has 0 aliphatic carbocycles. The molecule has 0 bridgehead atoms. The molecular formula is C16H15ClN3O2P. The van der Waals surface area contributed by atoms with Gasteiger partial charge < -0.3 is 10.4 Å². The Bertz CT molecular complexity index is 908. The van der Waals surface area contributed by atoms with E-state index in [1.807, 2.05) is 19.1 Å². The first kappa shape index (κ1) is 15.8. The van der Waals surface area contributed by atoms with Crippen molar-refractivity contribution in [2.24, 2.45) is 0 Å². The molecule has 2 heterocycles. The van der Waals surface area contributed by atoms with Gasteiger partial charge in [0.25, 0.3) is 0 Å². The van der Waals surface area contributed by atoms with Crippen molar-refractivity contribution in [3.05, 3.63) is 58.5 Å². The molecule has 23 heavy (non-hydrogen) atoms. The highest BCUT2D eigenvalue weighted by molar-refractivity contribution is 7.27. The van der Waals surface area contributed by atoms with Crippen molar-refractivity contribution in [3.63, 3.8) is 0 Å². The number of hydrogen-bond acceptors (Lipinski definition) is 3. The summed E-state index contributed by atoms with van der Waals surface area (Å²) in [6, 6.07) is 7.29. The van der Waals surface area contributed by atoms with Crippen LogP contribution >= 0.6 is 20.8 Å². The molecule has 0 amide bonds. The number of carboxylic acids is 1. The Balaban J connectivity index is 1.98. The maximum Gasteiger partial charge on any atom is 0.355 e. The van der Waals surface area contributed by atoms with Gasteiger partial charge in [-0.2, -0.15) is 0 Å². The maximum absolute atomic E-state index is 11.6. The summed E-state index contributed by atoms with van der Waals surface area (Å²) >= 11 is 6.26. The van der Waals surface area contributed by atoms with E-state index in [2.05, 4.69) is 19.5 Å². The average molecular weight is 348 g/mol. The number of aromatic carboxylic acids is 1. The standard InChI is InChI=1S/C16H15ClN3O2P/c1-9-2-3-11(17)10(15(9)23)8-19-12-4-5-13-18-6-7-20(13)14(12)16(21)22/h2-7,19H,8,23H2,1H3,(H,21,22). The lowest BCUT2D eigenvalue weighted by atomic mass is 10.1. The Labute approximate surface area is 140 Å². The third kappa shape index (κ3) is 2.90. The van der Waals surface area contributed by atoms with E-state index in [0.29, 0.717) is 22.9 Å². The summed E-state index contributed by atoms with van der Waals surface area (Å²) in [7, 11) is 2.69. The van der Waals surface area contributed by atoms with Crippen LogP contribution in [0, 0.1) is 6.92 Å². The molecule has 0 saturated carbocycles. The predicted octanol–water partition coefficient (Wildman–Crippen LogP) is 3.11. The zero-order valence-corrected chi connectivity index (χ0v) is 14.3.